The highest BCUT2D eigenvalue weighted by atomic mass is 32.2. The van der Waals surface area contributed by atoms with Crippen molar-refractivity contribution in [1.82, 2.24) is 4.90 Å². The van der Waals surface area contributed by atoms with E-state index >= 15 is 0 Å². The van der Waals surface area contributed by atoms with Crippen molar-refractivity contribution in [3.8, 4) is 0 Å². The summed E-state index contributed by atoms with van der Waals surface area (Å²) in [5, 5.41) is 0. The summed E-state index contributed by atoms with van der Waals surface area (Å²) >= 11 is 1.61. The molecular formula is C11H20FNO2S. The van der Waals surface area contributed by atoms with Gasteiger partial charge >= 0.3 is 6.09 Å². The zero-order chi connectivity index (χ0) is 12.2. The zero-order valence-corrected chi connectivity index (χ0v) is 11.0. The number of alkyl halides is 1. The Morgan fingerprint density at radius 2 is 2.12 bits per heavy atom. The van der Waals surface area contributed by atoms with Crippen LogP contribution >= 0.6 is 11.8 Å². The number of nitrogens with zero attached hydrogens (tertiary/aromatic N) is 1. The molecule has 94 valence electrons. The number of halogens is 1. The van der Waals surface area contributed by atoms with Crippen LogP contribution in [0.15, 0.2) is 0 Å². The molecule has 1 saturated heterocycles. The number of carbonyl (C=O) groups is 1. The molecule has 0 aliphatic carbocycles. The molecule has 3 nitrogen and oxygen atoms in total. The minimum Gasteiger partial charge on any atom is -0.444 e. The van der Waals surface area contributed by atoms with Gasteiger partial charge in [0.25, 0.3) is 0 Å². The van der Waals surface area contributed by atoms with Crippen molar-refractivity contribution in [1.29, 1.82) is 0 Å². The maximum atomic E-state index is 11.9. The molecule has 1 aliphatic rings. The van der Waals surface area contributed by atoms with Gasteiger partial charge in [0.1, 0.15) is 5.60 Å². The van der Waals surface area contributed by atoms with E-state index in [1.54, 1.807) is 16.7 Å². The first kappa shape index (κ1) is 13.6. The number of amides is 1. The molecule has 0 N–H and O–H groups in total. The second-order valence-corrected chi connectivity index (χ2v) is 6.17. The van der Waals surface area contributed by atoms with Gasteiger partial charge in [0.05, 0.1) is 6.67 Å². The fraction of sp³-hybridized carbons (Fsp3) is 0.909. The van der Waals surface area contributed by atoms with Crippen LogP contribution < -0.4 is 0 Å². The van der Waals surface area contributed by atoms with Crippen molar-refractivity contribution in [3.63, 3.8) is 0 Å². The topological polar surface area (TPSA) is 29.5 Å². The lowest BCUT2D eigenvalue weighted by atomic mass is 10.0. The Morgan fingerprint density at radius 3 is 2.62 bits per heavy atom. The van der Waals surface area contributed by atoms with Crippen LogP contribution in [0.4, 0.5) is 9.18 Å². The van der Waals surface area contributed by atoms with Gasteiger partial charge in [-0.05, 0) is 26.5 Å². The number of thioether (sulfide) groups is 1. The molecule has 5 heteroatoms. The molecule has 0 radical (unpaired) electrons. The first-order valence-corrected chi connectivity index (χ1v) is 6.69. The lowest BCUT2D eigenvalue weighted by Crippen LogP contribution is -2.52. The predicted octanol–water partition coefficient (Wildman–Crippen LogP) is 2.56. The highest BCUT2D eigenvalue weighted by Gasteiger charge is 2.33. The number of hydrogen-bond donors (Lipinski definition) is 0. The normalized spacial score (nSPS) is 17.1. The SMILES string of the molecule is CC(C)(C)OC(=O)N1CC(CSCCF)C1. The predicted molar refractivity (Wildman–Crippen MR) is 64.6 cm³/mol. The number of likely N-dealkylation sites (tertiary alicyclic amines) is 1. The summed E-state index contributed by atoms with van der Waals surface area (Å²) in [4.78, 5) is 13.3. The summed E-state index contributed by atoms with van der Waals surface area (Å²) in [5.74, 6) is 2.00. The van der Waals surface area contributed by atoms with Crippen molar-refractivity contribution >= 4 is 17.9 Å². The number of rotatable bonds is 4. The lowest BCUT2D eigenvalue weighted by Gasteiger charge is -2.39. The van der Waals surface area contributed by atoms with Crippen molar-refractivity contribution in [2.24, 2.45) is 5.92 Å². The average Bonchev–Trinajstić information content (AvgIpc) is 2.05. The summed E-state index contributed by atoms with van der Waals surface area (Å²) in [7, 11) is 0. The third-order valence-electron chi connectivity index (χ3n) is 2.18. The number of carbonyl (C=O) groups excluding carboxylic acids is 1. The summed E-state index contributed by atoms with van der Waals surface area (Å²) in [6.07, 6.45) is -0.237. The monoisotopic (exact) mass is 249 g/mol. The van der Waals surface area contributed by atoms with E-state index in [-0.39, 0.29) is 12.8 Å². The fourth-order valence-electron chi connectivity index (χ4n) is 1.46. The van der Waals surface area contributed by atoms with E-state index in [4.69, 9.17) is 4.74 Å². The first-order chi connectivity index (χ1) is 7.42. The molecule has 0 aromatic carbocycles. The van der Waals surface area contributed by atoms with Gasteiger partial charge in [-0.15, -0.1) is 0 Å². The van der Waals surface area contributed by atoms with Crippen LogP contribution in [0.25, 0.3) is 0 Å². The van der Waals surface area contributed by atoms with Crippen LogP contribution in [-0.4, -0.2) is 47.9 Å². The molecule has 0 saturated carbocycles. The molecule has 1 aliphatic heterocycles. The molecular weight excluding hydrogens is 229 g/mol. The van der Waals surface area contributed by atoms with Gasteiger partial charge in [-0.2, -0.15) is 11.8 Å². The maximum Gasteiger partial charge on any atom is 0.410 e. The van der Waals surface area contributed by atoms with E-state index in [1.165, 1.54) is 0 Å². The van der Waals surface area contributed by atoms with Crippen LogP contribution in [0.1, 0.15) is 20.8 Å². The quantitative estimate of drug-likeness (QED) is 0.717. The second-order valence-electron chi connectivity index (χ2n) is 5.02. The van der Waals surface area contributed by atoms with E-state index in [1.807, 2.05) is 20.8 Å². The van der Waals surface area contributed by atoms with E-state index in [9.17, 15) is 9.18 Å². The summed E-state index contributed by atoms with van der Waals surface area (Å²) in [6.45, 7) is 6.80. The smallest absolute Gasteiger partial charge is 0.410 e. The Labute approximate surface area is 101 Å². The Balaban J connectivity index is 2.13. The minimum absolute atomic E-state index is 0.237. The molecule has 1 fully saturated rings. The molecule has 1 rings (SSSR count). The lowest BCUT2D eigenvalue weighted by molar-refractivity contribution is 0.00215. The third-order valence-corrected chi connectivity index (χ3v) is 3.33. The van der Waals surface area contributed by atoms with Crippen LogP contribution in [0, 0.1) is 5.92 Å². The van der Waals surface area contributed by atoms with Gasteiger partial charge in [-0.1, -0.05) is 0 Å². The van der Waals surface area contributed by atoms with Crippen LogP contribution in [0.3, 0.4) is 0 Å². The largest absolute Gasteiger partial charge is 0.444 e. The highest BCUT2D eigenvalue weighted by Crippen LogP contribution is 2.22. The Hall–Kier alpha value is -0.450. The van der Waals surface area contributed by atoms with Gasteiger partial charge in [0.15, 0.2) is 0 Å². The van der Waals surface area contributed by atoms with E-state index < -0.39 is 5.60 Å². The number of hydrogen-bond acceptors (Lipinski definition) is 3. The molecule has 0 aromatic heterocycles. The Morgan fingerprint density at radius 1 is 1.50 bits per heavy atom. The van der Waals surface area contributed by atoms with Gasteiger partial charge in [0.2, 0.25) is 0 Å². The van der Waals surface area contributed by atoms with Gasteiger partial charge in [-0.25, -0.2) is 4.79 Å². The summed E-state index contributed by atoms with van der Waals surface area (Å²) in [5.41, 5.74) is -0.425. The van der Waals surface area contributed by atoms with Crippen LogP contribution in [0.5, 0.6) is 0 Å². The van der Waals surface area contributed by atoms with E-state index in [0.29, 0.717) is 11.7 Å². The average molecular weight is 249 g/mol. The minimum atomic E-state index is -0.425. The standard InChI is InChI=1S/C11H20FNO2S/c1-11(2,3)15-10(14)13-6-9(7-13)8-16-5-4-12/h9H,4-8H2,1-3H3. The number of ether oxygens (including phenoxy) is 1. The Bertz CT molecular complexity index is 237. The van der Waals surface area contributed by atoms with Crippen molar-refractivity contribution in [2.45, 2.75) is 26.4 Å². The van der Waals surface area contributed by atoms with E-state index in [0.717, 1.165) is 18.8 Å². The summed E-state index contributed by atoms with van der Waals surface area (Å²) in [6, 6.07) is 0. The van der Waals surface area contributed by atoms with Crippen molar-refractivity contribution in [2.75, 3.05) is 31.3 Å². The van der Waals surface area contributed by atoms with Gasteiger partial charge < -0.3 is 9.64 Å². The zero-order valence-electron chi connectivity index (χ0n) is 10.2. The van der Waals surface area contributed by atoms with Gasteiger partial charge in [-0.3, -0.25) is 4.39 Å². The molecule has 0 spiro atoms. The molecule has 0 bridgehead atoms. The fourth-order valence-corrected chi connectivity index (χ4v) is 2.28. The van der Waals surface area contributed by atoms with Crippen molar-refractivity contribution in [3.05, 3.63) is 0 Å². The molecule has 0 atom stereocenters. The van der Waals surface area contributed by atoms with Crippen molar-refractivity contribution < 1.29 is 13.9 Å². The van der Waals surface area contributed by atoms with E-state index in [2.05, 4.69) is 0 Å². The first-order valence-electron chi connectivity index (χ1n) is 5.54. The van der Waals surface area contributed by atoms with Gasteiger partial charge in [0, 0.05) is 24.8 Å². The summed E-state index contributed by atoms with van der Waals surface area (Å²) < 4.78 is 17.1. The maximum absolute atomic E-state index is 11.9. The molecule has 0 unspecified atom stereocenters. The molecule has 1 amide bonds. The second kappa shape index (κ2) is 5.75. The van der Waals surface area contributed by atoms with Crippen LogP contribution in [-0.2, 0) is 4.74 Å². The Kier molecular flexibility index (Phi) is 4.89. The molecule has 0 aromatic rings. The highest BCUT2D eigenvalue weighted by molar-refractivity contribution is 7.99. The van der Waals surface area contributed by atoms with Crippen LogP contribution in [0.2, 0.25) is 0 Å². The molecule has 16 heavy (non-hydrogen) atoms. The molecule has 1 heterocycles. The third kappa shape index (κ3) is 4.60.